The summed E-state index contributed by atoms with van der Waals surface area (Å²) in [6.07, 6.45) is 0. The van der Waals surface area contributed by atoms with Crippen LogP contribution in [0.5, 0.6) is 0 Å². The number of hydrogen-bond donors (Lipinski definition) is 0. The van der Waals surface area contributed by atoms with Gasteiger partial charge in [-0.25, -0.2) is 0 Å². The summed E-state index contributed by atoms with van der Waals surface area (Å²) < 4.78 is -1.83. The molecule has 1 atom stereocenters. The van der Waals surface area contributed by atoms with Crippen molar-refractivity contribution in [1.82, 2.24) is 0 Å². The molecule has 0 rings (SSSR count). The number of halogens is 4. The zero-order valence-corrected chi connectivity index (χ0v) is 8.08. The van der Waals surface area contributed by atoms with Crippen LogP contribution < -0.4 is 0 Å². The van der Waals surface area contributed by atoms with E-state index in [4.69, 9.17) is 46.4 Å². The molecule has 0 spiro atoms. The molecule has 0 fully saturated rings. The van der Waals surface area contributed by atoms with Gasteiger partial charge in [0.25, 0.3) is 0 Å². The van der Waals surface area contributed by atoms with Crippen molar-refractivity contribution in [3.63, 3.8) is 0 Å². The second kappa shape index (κ2) is 3.17. The molecule has 0 aliphatic carbocycles. The van der Waals surface area contributed by atoms with Gasteiger partial charge in [0.2, 0.25) is 0 Å². The molecule has 0 aliphatic rings. The fourth-order valence-corrected chi connectivity index (χ4v) is 0. The molecule has 0 saturated carbocycles. The quantitative estimate of drug-likeness (QED) is 0.458. The Kier molecular flexibility index (Phi) is 4.03. The first-order chi connectivity index (χ1) is 2.94. The summed E-state index contributed by atoms with van der Waals surface area (Å²) >= 11 is 23.1. The van der Waals surface area contributed by atoms with Crippen LogP contribution in [0.2, 0.25) is 0 Å². The van der Waals surface area contributed by atoms with Crippen molar-refractivity contribution in [2.24, 2.45) is 0 Å². The summed E-state index contributed by atoms with van der Waals surface area (Å²) in [5, 5.41) is 0. The van der Waals surface area contributed by atoms with E-state index < -0.39 is 7.39 Å². The topological polar surface area (TPSA) is 0 Å². The maximum absolute atomic E-state index is 5.33. The molecule has 1 unspecified atom stereocenters. The Bertz CT molecular complexity index is 55.2. The van der Waals surface area contributed by atoms with Gasteiger partial charge in [0, 0.05) is 0 Å². The van der Waals surface area contributed by atoms with Gasteiger partial charge >= 0.3 is 74.9 Å². The van der Waals surface area contributed by atoms with E-state index >= 15 is 0 Å². The number of alkyl halides is 4. The SMILES string of the molecule is Cl[CH]([Au])C(Cl)(Cl)Cl. The van der Waals surface area contributed by atoms with Gasteiger partial charge in [0.1, 0.15) is 0 Å². The maximum atomic E-state index is 5.33. The standard InChI is InChI=1S/C2HCl4.Au/c3-1-2(4,5)6;/h1H;. The van der Waals surface area contributed by atoms with E-state index in [9.17, 15) is 0 Å². The molecular formula is C2HAuCl4. The van der Waals surface area contributed by atoms with Crippen molar-refractivity contribution in [3.05, 3.63) is 0 Å². The van der Waals surface area contributed by atoms with E-state index in [1.165, 1.54) is 0 Å². The molecule has 0 aliphatic heterocycles. The summed E-state index contributed by atoms with van der Waals surface area (Å²) in [5.41, 5.74) is 0. The average molecular weight is 364 g/mol. The molecule has 0 amide bonds. The van der Waals surface area contributed by atoms with Gasteiger partial charge in [0.05, 0.1) is 0 Å². The third-order valence-electron chi connectivity index (χ3n) is 0.222. The molecule has 0 heterocycles. The summed E-state index contributed by atoms with van der Waals surface area (Å²) in [7, 11) is 0. The summed E-state index contributed by atoms with van der Waals surface area (Å²) in [5.74, 6) is 0. The Morgan fingerprint density at radius 2 is 1.43 bits per heavy atom. The molecule has 0 N–H and O–H groups in total. The van der Waals surface area contributed by atoms with Crippen LogP contribution in [0.1, 0.15) is 0 Å². The Morgan fingerprint density at radius 3 is 1.43 bits per heavy atom. The molecule has 5 heteroatoms. The van der Waals surface area contributed by atoms with Crippen molar-refractivity contribution < 1.29 is 21.1 Å². The van der Waals surface area contributed by atoms with Crippen molar-refractivity contribution in [2.45, 2.75) is 7.39 Å². The van der Waals surface area contributed by atoms with Crippen molar-refractivity contribution in [3.8, 4) is 0 Å². The van der Waals surface area contributed by atoms with Crippen LogP contribution in [0.4, 0.5) is 0 Å². The van der Waals surface area contributed by atoms with Crippen LogP contribution in [0.25, 0.3) is 0 Å². The molecule has 0 nitrogen and oxygen atoms in total. The number of hydrogen-bond acceptors (Lipinski definition) is 0. The van der Waals surface area contributed by atoms with Gasteiger partial charge < -0.3 is 0 Å². The van der Waals surface area contributed by atoms with Gasteiger partial charge in [-0.15, -0.1) is 0 Å². The first-order valence-electron chi connectivity index (χ1n) is 1.25. The molecular weight excluding hydrogens is 363 g/mol. The molecule has 0 radical (unpaired) electrons. The second-order valence-electron chi connectivity index (χ2n) is 0.804. The van der Waals surface area contributed by atoms with Crippen LogP contribution in [0.3, 0.4) is 0 Å². The zero-order valence-electron chi connectivity index (χ0n) is 2.89. The number of rotatable bonds is 0. The van der Waals surface area contributed by atoms with Crippen LogP contribution in [-0.4, -0.2) is 7.39 Å². The molecule has 0 bridgehead atoms. The van der Waals surface area contributed by atoms with E-state index in [1.54, 1.807) is 0 Å². The van der Waals surface area contributed by atoms with E-state index in [2.05, 4.69) is 0 Å². The van der Waals surface area contributed by atoms with Gasteiger partial charge in [0.15, 0.2) is 0 Å². The third-order valence-corrected chi connectivity index (χ3v) is 3.54. The van der Waals surface area contributed by atoms with Crippen molar-refractivity contribution in [2.75, 3.05) is 0 Å². The van der Waals surface area contributed by atoms with Crippen molar-refractivity contribution >= 4 is 46.4 Å². The Labute approximate surface area is 74.4 Å². The predicted octanol–water partition coefficient (Wildman–Crippen LogP) is 2.47. The normalized spacial score (nSPS) is 16.9. The predicted molar refractivity (Wildman–Crippen MR) is 29.9 cm³/mol. The molecule has 0 aromatic carbocycles. The molecule has 7 heavy (non-hydrogen) atoms. The zero-order chi connectivity index (χ0) is 6.08. The van der Waals surface area contributed by atoms with Crippen molar-refractivity contribution in [1.29, 1.82) is 0 Å². The van der Waals surface area contributed by atoms with Gasteiger partial charge in [-0.2, -0.15) is 0 Å². The summed E-state index contributed by atoms with van der Waals surface area (Å²) in [4.78, 5) is 0. The van der Waals surface area contributed by atoms with Crippen LogP contribution >= 0.6 is 46.4 Å². The molecule has 0 aromatic heterocycles. The average Bonchev–Trinajstić information content (AvgIpc) is 1.31. The fourth-order valence-electron chi connectivity index (χ4n) is 0. The van der Waals surface area contributed by atoms with E-state index in [-0.39, 0.29) is 0 Å². The fraction of sp³-hybridized carbons (Fsp3) is 1.00. The molecule has 0 aromatic rings. The van der Waals surface area contributed by atoms with E-state index in [0.29, 0.717) is 0 Å². The minimum absolute atomic E-state index is 0.488. The van der Waals surface area contributed by atoms with E-state index in [0.717, 1.165) is 0 Å². The van der Waals surface area contributed by atoms with Crippen LogP contribution in [-0.2, 0) is 21.1 Å². The first kappa shape index (κ1) is 8.90. The summed E-state index contributed by atoms with van der Waals surface area (Å²) in [6, 6.07) is 0. The molecule has 0 saturated heterocycles. The van der Waals surface area contributed by atoms with Crippen LogP contribution in [0.15, 0.2) is 0 Å². The Balaban J connectivity index is 3.54. The summed E-state index contributed by atoms with van der Waals surface area (Å²) in [6.45, 7) is 0. The van der Waals surface area contributed by atoms with Gasteiger partial charge in [-0.1, -0.05) is 0 Å². The Morgan fingerprint density at radius 1 is 1.29 bits per heavy atom. The first-order valence-corrected chi connectivity index (χ1v) is 4.07. The third kappa shape index (κ3) is 4.41. The second-order valence-corrected chi connectivity index (χ2v) is 5.57. The van der Waals surface area contributed by atoms with E-state index in [1.807, 2.05) is 21.1 Å². The van der Waals surface area contributed by atoms with Crippen LogP contribution in [0, 0.1) is 0 Å². The Hall–Kier alpha value is 1.90. The van der Waals surface area contributed by atoms with Gasteiger partial charge in [-0.05, 0) is 0 Å². The minimum atomic E-state index is -1.34. The van der Waals surface area contributed by atoms with Gasteiger partial charge in [-0.3, -0.25) is 0 Å². The monoisotopic (exact) mass is 362 g/mol. The molecule has 48 valence electrons.